The first-order valence-electron chi connectivity index (χ1n) is 6.50. The standard InChI is InChI=1S/C14H18N2O3S/c1-3-19-14(17)12-9-15-16(2)13(12)10-18-7-6-11-5-4-8-20-11/h4-5,8-9H,3,6-7,10H2,1-2H3. The third-order valence-corrected chi connectivity index (χ3v) is 3.80. The largest absolute Gasteiger partial charge is 0.462 e. The van der Waals surface area contributed by atoms with Crippen molar-refractivity contribution in [2.75, 3.05) is 13.2 Å². The van der Waals surface area contributed by atoms with Crippen molar-refractivity contribution in [3.8, 4) is 0 Å². The van der Waals surface area contributed by atoms with Crippen LogP contribution in [0, 0.1) is 0 Å². The van der Waals surface area contributed by atoms with Crippen LogP contribution < -0.4 is 0 Å². The number of hydrogen-bond donors (Lipinski definition) is 0. The normalized spacial score (nSPS) is 10.7. The fourth-order valence-corrected chi connectivity index (χ4v) is 2.50. The summed E-state index contributed by atoms with van der Waals surface area (Å²) in [5.74, 6) is -0.350. The van der Waals surface area contributed by atoms with Crippen molar-refractivity contribution in [1.29, 1.82) is 0 Å². The summed E-state index contributed by atoms with van der Waals surface area (Å²) in [4.78, 5) is 13.1. The van der Waals surface area contributed by atoms with Crippen molar-refractivity contribution < 1.29 is 14.3 Å². The van der Waals surface area contributed by atoms with E-state index in [1.54, 1.807) is 30.0 Å². The Morgan fingerprint density at radius 2 is 2.35 bits per heavy atom. The molecule has 0 aliphatic carbocycles. The van der Waals surface area contributed by atoms with Crippen LogP contribution in [0.15, 0.2) is 23.7 Å². The SMILES string of the molecule is CCOC(=O)c1cnn(C)c1COCCc1cccs1. The van der Waals surface area contributed by atoms with Gasteiger partial charge in [0.1, 0.15) is 5.56 Å². The van der Waals surface area contributed by atoms with Crippen molar-refractivity contribution in [2.24, 2.45) is 7.05 Å². The molecule has 0 unspecified atom stereocenters. The maximum absolute atomic E-state index is 11.8. The van der Waals surface area contributed by atoms with Crippen molar-refractivity contribution in [2.45, 2.75) is 20.0 Å². The molecular weight excluding hydrogens is 276 g/mol. The monoisotopic (exact) mass is 294 g/mol. The number of carbonyl (C=O) groups excluding carboxylic acids is 1. The van der Waals surface area contributed by atoms with E-state index in [-0.39, 0.29) is 5.97 Å². The molecule has 0 radical (unpaired) electrons. The van der Waals surface area contributed by atoms with E-state index < -0.39 is 0 Å². The van der Waals surface area contributed by atoms with Crippen LogP contribution >= 0.6 is 11.3 Å². The number of aryl methyl sites for hydroxylation is 1. The summed E-state index contributed by atoms with van der Waals surface area (Å²) < 4.78 is 12.3. The van der Waals surface area contributed by atoms with Crippen LogP contribution in [-0.4, -0.2) is 29.0 Å². The van der Waals surface area contributed by atoms with E-state index >= 15 is 0 Å². The highest BCUT2D eigenvalue weighted by molar-refractivity contribution is 7.09. The van der Waals surface area contributed by atoms with E-state index in [1.165, 1.54) is 11.1 Å². The van der Waals surface area contributed by atoms with E-state index in [4.69, 9.17) is 9.47 Å². The van der Waals surface area contributed by atoms with Gasteiger partial charge in [-0.15, -0.1) is 11.3 Å². The quantitative estimate of drug-likeness (QED) is 0.581. The maximum Gasteiger partial charge on any atom is 0.341 e. The highest BCUT2D eigenvalue weighted by Gasteiger charge is 2.17. The molecule has 0 saturated carbocycles. The minimum Gasteiger partial charge on any atom is -0.462 e. The summed E-state index contributed by atoms with van der Waals surface area (Å²) in [6, 6.07) is 4.11. The third-order valence-electron chi connectivity index (χ3n) is 2.87. The zero-order valence-electron chi connectivity index (χ0n) is 11.7. The van der Waals surface area contributed by atoms with Crippen molar-refractivity contribution in [3.63, 3.8) is 0 Å². The Morgan fingerprint density at radius 1 is 1.50 bits per heavy atom. The Kier molecular flexibility index (Phi) is 5.31. The Morgan fingerprint density at radius 3 is 3.05 bits per heavy atom. The molecule has 0 aliphatic heterocycles. The highest BCUT2D eigenvalue weighted by Crippen LogP contribution is 2.12. The van der Waals surface area contributed by atoms with E-state index in [1.807, 2.05) is 6.07 Å². The van der Waals surface area contributed by atoms with Crippen LogP contribution in [0.4, 0.5) is 0 Å². The predicted octanol–water partition coefficient (Wildman–Crippen LogP) is 2.42. The zero-order valence-corrected chi connectivity index (χ0v) is 12.5. The smallest absolute Gasteiger partial charge is 0.341 e. The minimum absolute atomic E-state index is 0.350. The van der Waals surface area contributed by atoms with Crippen molar-refractivity contribution in [3.05, 3.63) is 39.8 Å². The molecule has 0 fully saturated rings. The van der Waals surface area contributed by atoms with Crippen LogP contribution in [0.25, 0.3) is 0 Å². The van der Waals surface area contributed by atoms with Crippen LogP contribution in [0.3, 0.4) is 0 Å². The van der Waals surface area contributed by atoms with Gasteiger partial charge >= 0.3 is 5.97 Å². The first-order valence-corrected chi connectivity index (χ1v) is 7.38. The lowest BCUT2D eigenvalue weighted by Gasteiger charge is -2.07. The van der Waals surface area contributed by atoms with Gasteiger partial charge in [0.2, 0.25) is 0 Å². The summed E-state index contributed by atoms with van der Waals surface area (Å²) in [5.41, 5.74) is 1.22. The number of aromatic nitrogens is 2. The van der Waals surface area contributed by atoms with Gasteiger partial charge in [-0.25, -0.2) is 4.79 Å². The summed E-state index contributed by atoms with van der Waals surface area (Å²) in [5, 5.41) is 6.14. The lowest BCUT2D eigenvalue weighted by atomic mass is 10.2. The van der Waals surface area contributed by atoms with Crippen molar-refractivity contribution in [1.82, 2.24) is 9.78 Å². The van der Waals surface area contributed by atoms with Gasteiger partial charge in [-0.3, -0.25) is 4.68 Å². The number of nitrogens with zero attached hydrogens (tertiary/aromatic N) is 2. The molecule has 5 nitrogen and oxygen atoms in total. The van der Waals surface area contributed by atoms with Gasteiger partial charge in [0.05, 0.1) is 31.7 Å². The van der Waals surface area contributed by atoms with Gasteiger partial charge in [0.25, 0.3) is 0 Å². The molecule has 0 atom stereocenters. The minimum atomic E-state index is -0.350. The summed E-state index contributed by atoms with van der Waals surface area (Å²) in [6.07, 6.45) is 2.40. The van der Waals surface area contributed by atoms with Gasteiger partial charge < -0.3 is 9.47 Å². The first kappa shape index (κ1) is 14.7. The second-order valence-corrected chi connectivity index (χ2v) is 5.26. The third kappa shape index (κ3) is 3.68. The van der Waals surface area contributed by atoms with E-state index in [0.29, 0.717) is 25.4 Å². The molecule has 2 rings (SSSR count). The van der Waals surface area contributed by atoms with Crippen LogP contribution in [0.5, 0.6) is 0 Å². The summed E-state index contributed by atoms with van der Waals surface area (Å²) in [6.45, 7) is 3.11. The number of ether oxygens (including phenoxy) is 2. The van der Waals surface area contributed by atoms with Gasteiger partial charge in [-0.2, -0.15) is 5.10 Å². The van der Waals surface area contributed by atoms with Crippen LogP contribution in [0.2, 0.25) is 0 Å². The topological polar surface area (TPSA) is 53.3 Å². The van der Waals surface area contributed by atoms with Crippen molar-refractivity contribution >= 4 is 17.3 Å². The predicted molar refractivity (Wildman–Crippen MR) is 76.8 cm³/mol. The molecule has 0 bridgehead atoms. The lowest BCUT2D eigenvalue weighted by molar-refractivity contribution is 0.0517. The number of esters is 1. The van der Waals surface area contributed by atoms with E-state index in [2.05, 4.69) is 16.5 Å². The van der Waals surface area contributed by atoms with Gasteiger partial charge in [-0.05, 0) is 18.4 Å². The molecule has 2 aromatic rings. The zero-order chi connectivity index (χ0) is 14.4. The average Bonchev–Trinajstić information content (AvgIpc) is 3.05. The van der Waals surface area contributed by atoms with E-state index in [9.17, 15) is 4.79 Å². The maximum atomic E-state index is 11.8. The molecule has 0 spiro atoms. The van der Waals surface area contributed by atoms with E-state index in [0.717, 1.165) is 12.1 Å². The fourth-order valence-electron chi connectivity index (χ4n) is 1.81. The number of thiophene rings is 1. The molecule has 6 heteroatoms. The average molecular weight is 294 g/mol. The first-order chi connectivity index (χ1) is 9.72. The summed E-state index contributed by atoms with van der Waals surface area (Å²) in [7, 11) is 1.79. The van der Waals surface area contributed by atoms with Crippen LogP contribution in [0.1, 0.15) is 27.9 Å². The Bertz CT molecular complexity index is 549. The Labute approximate surface area is 122 Å². The Hall–Kier alpha value is -1.66. The van der Waals surface area contributed by atoms with Gasteiger partial charge in [0.15, 0.2) is 0 Å². The molecule has 108 valence electrons. The Balaban J connectivity index is 1.88. The number of rotatable bonds is 7. The molecule has 0 amide bonds. The number of carbonyl (C=O) groups is 1. The highest BCUT2D eigenvalue weighted by atomic mass is 32.1. The molecular formula is C14H18N2O3S. The summed E-state index contributed by atoms with van der Waals surface area (Å²) >= 11 is 1.72. The fraction of sp³-hybridized carbons (Fsp3) is 0.429. The van der Waals surface area contributed by atoms with Gasteiger partial charge in [-0.1, -0.05) is 6.07 Å². The second-order valence-electron chi connectivity index (χ2n) is 4.23. The number of hydrogen-bond acceptors (Lipinski definition) is 5. The lowest BCUT2D eigenvalue weighted by Crippen LogP contribution is -2.10. The molecule has 20 heavy (non-hydrogen) atoms. The van der Waals surface area contributed by atoms with Crippen LogP contribution in [-0.2, 0) is 29.5 Å². The van der Waals surface area contributed by atoms with Gasteiger partial charge in [0, 0.05) is 18.3 Å². The molecule has 0 aliphatic rings. The molecule has 0 saturated heterocycles. The molecule has 0 aromatic carbocycles. The molecule has 0 N–H and O–H groups in total. The molecule has 2 aromatic heterocycles. The second kappa shape index (κ2) is 7.21. The molecule has 2 heterocycles.